The van der Waals surface area contributed by atoms with Crippen LogP contribution < -0.4 is 0 Å². The highest BCUT2D eigenvalue weighted by atomic mass is 32.3. The summed E-state index contributed by atoms with van der Waals surface area (Å²) < 4.78 is 104. The monoisotopic (exact) mass is 646 g/mol. The molecule has 0 radical (unpaired) electrons. The minimum absolute atomic E-state index is 0.265. The van der Waals surface area contributed by atoms with Gasteiger partial charge >= 0.3 is 20.8 Å². The quantitative estimate of drug-likeness (QED) is 0.0995. The highest BCUT2D eigenvalue weighted by Gasteiger charge is 2.58. The molecule has 4 rings (SSSR count). The summed E-state index contributed by atoms with van der Waals surface area (Å²) in [5, 5.41) is 71.0. The molecule has 41 heavy (non-hydrogen) atoms. The molecule has 4 saturated heterocycles. The summed E-state index contributed by atoms with van der Waals surface area (Å²) >= 11 is 0. The van der Waals surface area contributed by atoms with Gasteiger partial charge in [-0.1, -0.05) is 0 Å². The first kappa shape index (κ1) is 33.1. The number of hydrogen-bond donors (Lipinski definition) is 9. The number of rotatable bonds is 10. The van der Waals surface area contributed by atoms with Crippen LogP contribution in [-0.2, 0) is 57.6 Å². The number of hydrogen-bond acceptors (Lipinski definition) is 19. The molecule has 0 aromatic carbocycles. The van der Waals surface area contributed by atoms with Crippen molar-refractivity contribution < 1.29 is 98.5 Å². The van der Waals surface area contributed by atoms with E-state index in [4.69, 9.17) is 37.5 Å². The predicted octanol–water partition coefficient (Wildman–Crippen LogP) is -6.87. The maximum atomic E-state index is 11.3. The summed E-state index contributed by atoms with van der Waals surface area (Å²) in [6, 6.07) is 0. The van der Waals surface area contributed by atoms with Gasteiger partial charge in [-0.05, 0) is 0 Å². The maximum Gasteiger partial charge on any atom is 0.397 e. The molecule has 0 aliphatic carbocycles. The Labute approximate surface area is 231 Å². The Hall–Kier alpha value is -0.780. The second-order valence-corrected chi connectivity index (χ2v) is 11.6. The van der Waals surface area contributed by atoms with Gasteiger partial charge in [0.05, 0.1) is 19.8 Å². The maximum absolute atomic E-state index is 11.3. The Bertz CT molecular complexity index is 1100. The van der Waals surface area contributed by atoms with Crippen molar-refractivity contribution in [2.45, 2.75) is 92.1 Å². The summed E-state index contributed by atoms with van der Waals surface area (Å²) in [5.74, 6) is 0. The van der Waals surface area contributed by atoms with Crippen LogP contribution >= 0.6 is 0 Å². The summed E-state index contributed by atoms with van der Waals surface area (Å²) in [6.45, 7) is -2.17. The van der Waals surface area contributed by atoms with Crippen molar-refractivity contribution in [2.24, 2.45) is 0 Å². The van der Waals surface area contributed by atoms with Crippen LogP contribution in [0.1, 0.15) is 0 Å². The number of aliphatic hydroxyl groups excluding tert-OH is 7. The molecule has 4 fully saturated rings. The van der Waals surface area contributed by atoms with E-state index in [2.05, 4.69) is 8.37 Å². The minimum Gasteiger partial charge on any atom is -0.394 e. The Balaban J connectivity index is 1.47. The number of fused-ring (bicyclic) bond motifs is 2. The molecule has 9 N–H and O–H groups in total. The van der Waals surface area contributed by atoms with Crippen LogP contribution in [0.5, 0.6) is 0 Å². The second-order valence-electron chi connectivity index (χ2n) is 9.45. The molecular formula is C18H30O21S2. The van der Waals surface area contributed by atoms with Crippen LogP contribution in [0.2, 0.25) is 0 Å². The van der Waals surface area contributed by atoms with E-state index in [-0.39, 0.29) is 6.61 Å². The average molecular weight is 647 g/mol. The van der Waals surface area contributed by atoms with Gasteiger partial charge in [-0.15, -0.1) is 0 Å². The normalized spacial score (nSPS) is 47.4. The molecule has 0 saturated carbocycles. The van der Waals surface area contributed by atoms with E-state index in [1.807, 2.05) is 0 Å². The molecule has 21 nitrogen and oxygen atoms in total. The van der Waals surface area contributed by atoms with Crippen molar-refractivity contribution in [3.05, 3.63) is 0 Å². The van der Waals surface area contributed by atoms with Gasteiger partial charge in [-0.2, -0.15) is 16.8 Å². The van der Waals surface area contributed by atoms with Crippen molar-refractivity contribution in [2.75, 3.05) is 19.8 Å². The summed E-state index contributed by atoms with van der Waals surface area (Å²) in [6.07, 6.45) is -26.1. The SMILES string of the molecule is O=S(=O)(O)O[C@H]1C(CO)OC(O[C@H]2C3CO[C@H]2C(O)[C@@H](O[C@@H]2[C@H](O)C(O)OC(CO)[C@@H]2OS(=O)(=O)O)O3)[C@@H](O)[C@H]1O. The Morgan fingerprint density at radius 1 is 0.634 bits per heavy atom. The first-order chi connectivity index (χ1) is 19.0. The third-order valence-corrected chi connectivity index (χ3v) is 7.68. The molecule has 4 aliphatic rings. The Morgan fingerprint density at radius 2 is 1.17 bits per heavy atom. The molecule has 4 aliphatic heterocycles. The lowest BCUT2D eigenvalue weighted by Crippen LogP contribution is -2.65. The molecule has 6 unspecified atom stereocenters. The fourth-order valence-corrected chi connectivity index (χ4v) is 5.94. The van der Waals surface area contributed by atoms with Crippen LogP contribution in [0.3, 0.4) is 0 Å². The Morgan fingerprint density at radius 3 is 1.76 bits per heavy atom. The second kappa shape index (κ2) is 12.7. The van der Waals surface area contributed by atoms with Crippen molar-refractivity contribution in [1.29, 1.82) is 0 Å². The molecule has 2 bridgehead atoms. The van der Waals surface area contributed by atoms with Crippen molar-refractivity contribution >= 4 is 20.8 Å². The van der Waals surface area contributed by atoms with Gasteiger partial charge in [0.25, 0.3) is 0 Å². The van der Waals surface area contributed by atoms with Crippen molar-refractivity contribution in [1.82, 2.24) is 0 Å². The van der Waals surface area contributed by atoms with Crippen LogP contribution in [0.4, 0.5) is 0 Å². The molecule has 4 heterocycles. The van der Waals surface area contributed by atoms with Crippen LogP contribution in [0.15, 0.2) is 0 Å². The van der Waals surface area contributed by atoms with E-state index in [1.165, 1.54) is 0 Å². The lowest BCUT2D eigenvalue weighted by molar-refractivity contribution is -0.358. The van der Waals surface area contributed by atoms with Gasteiger partial charge in [0.2, 0.25) is 0 Å². The van der Waals surface area contributed by atoms with E-state index >= 15 is 0 Å². The number of aliphatic hydroxyl groups is 7. The van der Waals surface area contributed by atoms with E-state index in [0.717, 1.165) is 0 Å². The van der Waals surface area contributed by atoms with Crippen LogP contribution in [-0.4, -0.2) is 174 Å². The molecule has 0 aromatic heterocycles. The number of ether oxygens (including phenoxy) is 6. The zero-order valence-corrected chi connectivity index (χ0v) is 22.2. The molecule has 0 amide bonds. The standard InChI is InChI=1S/C18H30O21S2/c19-1-4-11(38-40(26,27)28)7(21)8(22)17(34-4)36-12-6-3-32-14(12)10(24)18(35-6)37-15-9(23)16(25)33-5(2-20)13(15)39-41(29,30)31/h4-25H,1-3H2,(H,26,27,28)(H,29,30,31)/t4?,5?,6?,7-,8+,9+,10?,11+,12+,13+,14+,15-,16?,17?,18-/m1/s1. The van der Waals surface area contributed by atoms with Gasteiger partial charge in [-0.25, -0.2) is 8.37 Å². The molecule has 15 atom stereocenters. The van der Waals surface area contributed by atoms with Crippen molar-refractivity contribution in [3.8, 4) is 0 Å². The summed E-state index contributed by atoms with van der Waals surface area (Å²) in [5.41, 5.74) is 0. The zero-order chi connectivity index (χ0) is 30.4. The van der Waals surface area contributed by atoms with Crippen LogP contribution in [0, 0.1) is 0 Å². The molecule has 240 valence electrons. The van der Waals surface area contributed by atoms with E-state index in [0.29, 0.717) is 0 Å². The Kier molecular flexibility index (Phi) is 10.2. The molecular weight excluding hydrogens is 616 g/mol. The lowest BCUT2D eigenvalue weighted by atomic mass is 9.97. The predicted molar refractivity (Wildman–Crippen MR) is 119 cm³/mol. The zero-order valence-electron chi connectivity index (χ0n) is 20.5. The molecule has 0 aromatic rings. The van der Waals surface area contributed by atoms with Gasteiger partial charge in [0.15, 0.2) is 18.9 Å². The average Bonchev–Trinajstić information content (AvgIpc) is 3.18. The minimum atomic E-state index is -5.20. The molecule has 23 heteroatoms. The highest BCUT2D eigenvalue weighted by molar-refractivity contribution is 7.81. The van der Waals surface area contributed by atoms with Crippen molar-refractivity contribution in [3.63, 3.8) is 0 Å². The molecule has 0 spiro atoms. The first-order valence-electron chi connectivity index (χ1n) is 11.9. The summed E-state index contributed by atoms with van der Waals surface area (Å²) in [4.78, 5) is 0. The van der Waals surface area contributed by atoms with Gasteiger partial charge in [0.1, 0.15) is 73.2 Å². The van der Waals surface area contributed by atoms with E-state index in [1.54, 1.807) is 0 Å². The van der Waals surface area contributed by atoms with E-state index in [9.17, 15) is 52.6 Å². The first-order valence-corrected chi connectivity index (χ1v) is 14.6. The fourth-order valence-electron chi connectivity index (χ4n) is 4.90. The third kappa shape index (κ3) is 7.31. The topological polar surface area (TPSA) is 324 Å². The summed E-state index contributed by atoms with van der Waals surface area (Å²) in [7, 11) is -10.3. The van der Waals surface area contributed by atoms with Gasteiger partial charge in [-0.3, -0.25) is 9.11 Å². The lowest BCUT2D eigenvalue weighted by Gasteiger charge is -2.46. The third-order valence-electron chi connectivity index (χ3n) is 6.75. The fraction of sp³-hybridized carbons (Fsp3) is 1.00. The smallest absolute Gasteiger partial charge is 0.394 e. The van der Waals surface area contributed by atoms with Gasteiger partial charge in [0, 0.05) is 0 Å². The largest absolute Gasteiger partial charge is 0.397 e. The van der Waals surface area contributed by atoms with Gasteiger partial charge < -0.3 is 64.2 Å². The van der Waals surface area contributed by atoms with Crippen LogP contribution in [0.25, 0.3) is 0 Å². The van der Waals surface area contributed by atoms with E-state index < -0.39 is 126 Å². The highest BCUT2D eigenvalue weighted by Crippen LogP contribution is 2.37.